The van der Waals surface area contributed by atoms with Crippen LogP contribution in [0, 0.1) is 0 Å². The van der Waals surface area contributed by atoms with E-state index in [-0.39, 0.29) is 22.5 Å². The van der Waals surface area contributed by atoms with Gasteiger partial charge in [0.2, 0.25) is 0 Å². The van der Waals surface area contributed by atoms with Crippen LogP contribution >= 0.6 is 12.2 Å². The second-order valence-electron chi connectivity index (χ2n) is 7.57. The van der Waals surface area contributed by atoms with Crippen molar-refractivity contribution in [1.29, 1.82) is 0 Å². The number of fused-ring (bicyclic) bond motifs is 2. The third kappa shape index (κ3) is 3.18. The van der Waals surface area contributed by atoms with E-state index in [2.05, 4.69) is 53.4 Å². The average Bonchev–Trinajstić information content (AvgIpc) is 3.38. The van der Waals surface area contributed by atoms with Gasteiger partial charge >= 0.3 is 190 Å². The molecule has 7 heteroatoms. The van der Waals surface area contributed by atoms with Gasteiger partial charge in [0.1, 0.15) is 0 Å². The summed E-state index contributed by atoms with van der Waals surface area (Å²) in [6.45, 7) is 1.82. The van der Waals surface area contributed by atoms with Gasteiger partial charge in [-0.1, -0.05) is 0 Å². The molecule has 5 rings (SSSR count). The van der Waals surface area contributed by atoms with Crippen LogP contribution in [-0.2, 0) is 22.7 Å². The Hall–Kier alpha value is -2.46. The Morgan fingerprint density at radius 3 is 2.03 bits per heavy atom. The fraction of sp³-hybridized carbons (Fsp3) is 0.174. The first-order valence-corrected chi connectivity index (χ1v) is 12.3. The van der Waals surface area contributed by atoms with Crippen molar-refractivity contribution < 1.29 is 9.59 Å². The standard InChI is InChI=1S/C23H19N3O2STe/c1-24-21(27)19(22(28)25(2)23(24)29)11-18-7-8-20(30-18)26-12-16-9-14-5-3-4-6-15(14)10-17(16)13-26/h3-11H,12-13H2,1-2H3. The zero-order valence-corrected chi connectivity index (χ0v) is 19.7. The minimum atomic E-state index is -0.665. The van der Waals surface area contributed by atoms with Gasteiger partial charge in [0, 0.05) is 0 Å². The van der Waals surface area contributed by atoms with E-state index >= 15 is 0 Å². The van der Waals surface area contributed by atoms with Crippen molar-refractivity contribution in [1.82, 2.24) is 9.80 Å². The van der Waals surface area contributed by atoms with Crippen molar-refractivity contribution in [2.75, 3.05) is 19.0 Å². The molecule has 0 atom stereocenters. The van der Waals surface area contributed by atoms with E-state index in [0.717, 1.165) is 16.7 Å². The van der Waals surface area contributed by atoms with Crippen LogP contribution in [0.3, 0.4) is 0 Å². The molecule has 1 aromatic heterocycles. The molecule has 2 aliphatic heterocycles. The second-order valence-corrected chi connectivity index (χ2v) is 11.1. The molecule has 3 aromatic rings. The van der Waals surface area contributed by atoms with E-state index in [4.69, 9.17) is 12.2 Å². The summed E-state index contributed by atoms with van der Waals surface area (Å²) < 4.78 is 2.42. The molecule has 0 aliphatic carbocycles. The quantitative estimate of drug-likeness (QED) is 0.222. The van der Waals surface area contributed by atoms with Crippen molar-refractivity contribution in [2.45, 2.75) is 13.1 Å². The van der Waals surface area contributed by atoms with Crippen LogP contribution in [0.2, 0.25) is 0 Å². The molecule has 0 radical (unpaired) electrons. The SMILES string of the molecule is CN1C(=O)C(=Cc2ccc(N3Cc4cc5ccccc5cc4C3)[te]2)C(=O)N(C)C1=S. The third-order valence-corrected chi connectivity index (χ3v) is 9.31. The van der Waals surface area contributed by atoms with Gasteiger partial charge in [-0.05, 0) is 0 Å². The maximum atomic E-state index is 12.6. The van der Waals surface area contributed by atoms with Crippen molar-refractivity contribution in [3.63, 3.8) is 0 Å². The van der Waals surface area contributed by atoms with Crippen molar-refractivity contribution >= 4 is 70.1 Å². The molecule has 30 heavy (non-hydrogen) atoms. The van der Waals surface area contributed by atoms with Crippen molar-refractivity contribution in [3.05, 3.63) is 68.8 Å². The Morgan fingerprint density at radius 2 is 1.47 bits per heavy atom. The minimum absolute atomic E-state index is 0.190. The molecule has 5 nitrogen and oxygen atoms in total. The first-order valence-electron chi connectivity index (χ1n) is 9.59. The Bertz CT molecular complexity index is 1190. The van der Waals surface area contributed by atoms with Crippen LogP contribution in [0.4, 0.5) is 3.70 Å². The fourth-order valence-electron chi connectivity index (χ4n) is 3.96. The summed E-state index contributed by atoms with van der Waals surface area (Å²) in [5, 5.41) is 2.79. The predicted molar refractivity (Wildman–Crippen MR) is 123 cm³/mol. The molecule has 0 bridgehead atoms. The maximum absolute atomic E-state index is 12.6. The number of nitrogens with zero attached hydrogens (tertiary/aromatic N) is 3. The Labute approximate surface area is 189 Å². The summed E-state index contributed by atoms with van der Waals surface area (Å²) in [4.78, 5) is 30.3. The molecule has 0 N–H and O–H groups in total. The number of amides is 2. The van der Waals surface area contributed by atoms with Crippen molar-refractivity contribution in [3.8, 4) is 0 Å². The number of benzene rings is 2. The summed E-state index contributed by atoms with van der Waals surface area (Å²) in [5.74, 6) is -0.657. The van der Waals surface area contributed by atoms with Crippen LogP contribution in [0.25, 0.3) is 16.8 Å². The molecular weight excluding hydrogens is 510 g/mol. The topological polar surface area (TPSA) is 43.9 Å². The van der Waals surface area contributed by atoms with Gasteiger partial charge in [-0.15, -0.1) is 0 Å². The summed E-state index contributed by atoms with van der Waals surface area (Å²) in [6.07, 6.45) is 1.77. The van der Waals surface area contributed by atoms with Gasteiger partial charge < -0.3 is 0 Å². The van der Waals surface area contributed by atoms with Crippen LogP contribution in [0.1, 0.15) is 14.7 Å². The number of carbonyl (C=O) groups is 2. The monoisotopic (exact) mass is 531 g/mol. The molecule has 1 fully saturated rings. The van der Waals surface area contributed by atoms with E-state index in [1.807, 2.05) is 0 Å². The van der Waals surface area contributed by atoms with Gasteiger partial charge in [-0.2, -0.15) is 0 Å². The first-order chi connectivity index (χ1) is 14.4. The molecule has 3 heterocycles. The van der Waals surface area contributed by atoms with Crippen LogP contribution in [-0.4, -0.2) is 61.3 Å². The van der Waals surface area contributed by atoms with Gasteiger partial charge in [0.05, 0.1) is 0 Å². The van der Waals surface area contributed by atoms with Crippen LogP contribution in [0.5, 0.6) is 0 Å². The molecule has 0 unspecified atom stereocenters. The number of hydrogen-bond acceptors (Lipinski definition) is 4. The molecule has 1 saturated heterocycles. The summed E-state index contributed by atoms with van der Waals surface area (Å²) in [7, 11) is 3.21. The Morgan fingerprint density at radius 1 is 0.900 bits per heavy atom. The molecule has 2 amide bonds. The van der Waals surface area contributed by atoms with Gasteiger partial charge in [0.25, 0.3) is 0 Å². The fourth-order valence-corrected chi connectivity index (χ4v) is 6.83. The third-order valence-electron chi connectivity index (χ3n) is 5.65. The van der Waals surface area contributed by atoms with E-state index < -0.39 is 20.4 Å². The average molecular weight is 529 g/mol. The zero-order valence-electron chi connectivity index (χ0n) is 16.6. The predicted octanol–water partition coefficient (Wildman–Crippen LogP) is 3.02. The van der Waals surface area contributed by atoms with E-state index in [9.17, 15) is 9.59 Å². The normalized spacial score (nSPS) is 16.7. The van der Waals surface area contributed by atoms with Crippen molar-refractivity contribution in [2.24, 2.45) is 0 Å². The summed E-state index contributed by atoms with van der Waals surface area (Å²) in [6, 6.07) is 17.3. The van der Waals surface area contributed by atoms with Gasteiger partial charge in [-0.3, -0.25) is 0 Å². The van der Waals surface area contributed by atoms with E-state index in [1.54, 1.807) is 20.2 Å². The molecule has 150 valence electrons. The number of likely N-dealkylation sites (N-methyl/N-ethyl adjacent to an activating group) is 2. The number of hydrogen-bond donors (Lipinski definition) is 0. The number of thiocarbonyl (C=S) groups is 1. The van der Waals surface area contributed by atoms with Gasteiger partial charge in [-0.25, -0.2) is 0 Å². The van der Waals surface area contributed by atoms with E-state index in [1.165, 1.54) is 35.4 Å². The van der Waals surface area contributed by atoms with Crippen LogP contribution < -0.4 is 4.90 Å². The molecule has 0 saturated carbocycles. The number of carbonyl (C=O) groups excluding carboxylic acids is 2. The van der Waals surface area contributed by atoms with Gasteiger partial charge in [0.15, 0.2) is 0 Å². The second kappa shape index (κ2) is 7.35. The Kier molecular flexibility index (Phi) is 4.78. The zero-order chi connectivity index (χ0) is 21.0. The first kappa shape index (κ1) is 19.5. The summed E-state index contributed by atoms with van der Waals surface area (Å²) >= 11 is 4.49. The summed E-state index contributed by atoms with van der Waals surface area (Å²) in [5.41, 5.74) is 2.95. The molecule has 2 aliphatic rings. The number of anilines is 1. The van der Waals surface area contributed by atoms with Crippen LogP contribution in [0.15, 0.2) is 54.1 Å². The Balaban J connectivity index is 1.41. The molecule has 0 spiro atoms. The molecule has 2 aromatic carbocycles. The molecular formula is C23H19N3O2STe. The number of rotatable bonds is 2. The van der Waals surface area contributed by atoms with E-state index in [0.29, 0.717) is 0 Å².